The van der Waals surface area contributed by atoms with Gasteiger partial charge in [-0.15, -0.1) is 0 Å². The Morgan fingerprint density at radius 1 is 0.900 bits per heavy atom. The molecule has 2 heterocycles. The first-order chi connectivity index (χ1) is 14.6. The molecule has 0 saturated carbocycles. The van der Waals surface area contributed by atoms with Crippen LogP contribution in [0.4, 0.5) is 5.69 Å². The van der Waals surface area contributed by atoms with Crippen LogP contribution in [0.25, 0.3) is 0 Å². The summed E-state index contributed by atoms with van der Waals surface area (Å²) in [5, 5.41) is 0. The van der Waals surface area contributed by atoms with Crippen molar-refractivity contribution >= 4 is 23.5 Å². The minimum absolute atomic E-state index is 0.120. The summed E-state index contributed by atoms with van der Waals surface area (Å²) in [5.41, 5.74) is 3.21. The predicted octanol–water partition coefficient (Wildman–Crippen LogP) is 2.32. The maximum atomic E-state index is 12.4. The third-order valence-electron chi connectivity index (χ3n) is 5.42. The van der Waals surface area contributed by atoms with Crippen LogP contribution in [-0.2, 0) is 32.1 Å². The molecule has 2 aromatic rings. The third-order valence-corrected chi connectivity index (χ3v) is 5.42. The summed E-state index contributed by atoms with van der Waals surface area (Å²) in [7, 11) is 0. The van der Waals surface area contributed by atoms with Crippen LogP contribution in [-0.4, -0.2) is 49.0 Å². The molecule has 0 atom stereocenters. The number of hydrogen-bond donors (Lipinski definition) is 0. The van der Waals surface area contributed by atoms with Crippen molar-refractivity contribution in [3.63, 3.8) is 0 Å². The van der Waals surface area contributed by atoms with E-state index >= 15 is 0 Å². The van der Waals surface area contributed by atoms with Gasteiger partial charge in [-0.05, 0) is 48.2 Å². The van der Waals surface area contributed by atoms with Crippen molar-refractivity contribution in [1.82, 2.24) is 4.90 Å². The molecular weight excluding hydrogens is 384 g/mol. The van der Waals surface area contributed by atoms with Gasteiger partial charge in [-0.1, -0.05) is 24.3 Å². The first kappa shape index (κ1) is 19.9. The average Bonchev–Trinajstić information content (AvgIpc) is 3.21. The summed E-state index contributed by atoms with van der Waals surface area (Å²) in [6.07, 6.45) is 2.25. The molecule has 2 aliphatic rings. The Morgan fingerprint density at radius 3 is 2.40 bits per heavy atom. The lowest BCUT2D eigenvalue weighted by Gasteiger charge is -2.28. The Bertz CT molecular complexity index is 941. The molecule has 156 valence electrons. The lowest BCUT2D eigenvalue weighted by Crippen LogP contribution is -2.38. The van der Waals surface area contributed by atoms with E-state index in [9.17, 15) is 14.4 Å². The zero-order valence-corrected chi connectivity index (χ0v) is 16.7. The van der Waals surface area contributed by atoms with Gasteiger partial charge in [-0.2, -0.15) is 0 Å². The maximum absolute atomic E-state index is 12.4. The number of carbonyl (C=O) groups excluding carboxylic acids is 3. The summed E-state index contributed by atoms with van der Waals surface area (Å²) in [6, 6.07) is 15.1. The monoisotopic (exact) mass is 408 g/mol. The van der Waals surface area contributed by atoms with Gasteiger partial charge in [0.2, 0.25) is 5.91 Å². The Kier molecular flexibility index (Phi) is 5.97. The summed E-state index contributed by atoms with van der Waals surface area (Å²) in [5.74, 6) is -0.188. The number of ether oxygens (including phenoxy) is 2. The van der Waals surface area contributed by atoms with Crippen LogP contribution in [0, 0.1) is 0 Å². The highest BCUT2D eigenvalue weighted by Gasteiger charge is 2.22. The van der Waals surface area contributed by atoms with Crippen molar-refractivity contribution in [2.75, 3.05) is 31.2 Å². The molecule has 0 bridgehead atoms. The summed E-state index contributed by atoms with van der Waals surface area (Å²) < 4.78 is 10.5. The SMILES string of the molecule is O=C(COc1ccc(N2CCCC2=O)cc1)OCC(=O)N1CCc2ccccc2C1. The van der Waals surface area contributed by atoms with Gasteiger partial charge in [0.1, 0.15) is 5.75 Å². The van der Waals surface area contributed by atoms with Crippen LogP contribution in [0.5, 0.6) is 5.75 Å². The van der Waals surface area contributed by atoms with Gasteiger partial charge < -0.3 is 19.3 Å². The van der Waals surface area contributed by atoms with E-state index in [1.54, 1.807) is 34.1 Å². The first-order valence-electron chi connectivity index (χ1n) is 10.1. The molecule has 0 spiro atoms. The van der Waals surface area contributed by atoms with Crippen LogP contribution in [0.3, 0.4) is 0 Å². The number of carbonyl (C=O) groups is 3. The van der Waals surface area contributed by atoms with Gasteiger partial charge in [-0.25, -0.2) is 4.79 Å². The zero-order chi connectivity index (χ0) is 20.9. The number of fused-ring (bicyclic) bond motifs is 1. The Hall–Kier alpha value is -3.35. The number of nitrogens with zero attached hydrogens (tertiary/aromatic N) is 2. The molecule has 0 unspecified atom stereocenters. The molecule has 4 rings (SSSR count). The standard InChI is InChI=1S/C23H24N2O5/c26-21-6-3-12-25(21)19-7-9-20(10-8-19)29-16-23(28)30-15-22(27)24-13-11-17-4-1-2-5-18(17)14-24/h1-2,4-5,7-10H,3,6,11-16H2. The molecule has 1 fully saturated rings. The molecule has 0 aliphatic carbocycles. The lowest BCUT2D eigenvalue weighted by molar-refractivity contribution is -0.154. The molecule has 0 N–H and O–H groups in total. The molecule has 0 aromatic heterocycles. The minimum atomic E-state index is -0.598. The van der Waals surface area contributed by atoms with E-state index in [1.165, 1.54) is 5.56 Å². The highest BCUT2D eigenvalue weighted by Crippen LogP contribution is 2.24. The first-order valence-corrected chi connectivity index (χ1v) is 10.1. The van der Waals surface area contributed by atoms with Crippen molar-refractivity contribution < 1.29 is 23.9 Å². The van der Waals surface area contributed by atoms with E-state index in [0.29, 0.717) is 25.3 Å². The van der Waals surface area contributed by atoms with Crippen molar-refractivity contribution in [3.8, 4) is 5.75 Å². The summed E-state index contributed by atoms with van der Waals surface area (Å²) in [4.78, 5) is 39.5. The van der Waals surface area contributed by atoms with Gasteiger partial charge in [0.05, 0.1) is 0 Å². The van der Waals surface area contributed by atoms with Gasteiger partial charge in [-0.3, -0.25) is 9.59 Å². The highest BCUT2D eigenvalue weighted by atomic mass is 16.6. The molecule has 0 radical (unpaired) electrons. The van der Waals surface area contributed by atoms with Crippen LogP contribution >= 0.6 is 0 Å². The number of hydrogen-bond acceptors (Lipinski definition) is 5. The second-order valence-electron chi connectivity index (χ2n) is 7.43. The van der Waals surface area contributed by atoms with Crippen LogP contribution in [0.1, 0.15) is 24.0 Å². The van der Waals surface area contributed by atoms with E-state index < -0.39 is 5.97 Å². The molecule has 30 heavy (non-hydrogen) atoms. The summed E-state index contributed by atoms with van der Waals surface area (Å²) >= 11 is 0. The van der Waals surface area contributed by atoms with Crippen molar-refractivity contribution in [2.45, 2.75) is 25.8 Å². The largest absolute Gasteiger partial charge is 0.482 e. The third kappa shape index (κ3) is 4.62. The highest BCUT2D eigenvalue weighted by molar-refractivity contribution is 5.95. The van der Waals surface area contributed by atoms with E-state index in [0.717, 1.165) is 30.6 Å². The van der Waals surface area contributed by atoms with E-state index in [2.05, 4.69) is 6.07 Å². The van der Waals surface area contributed by atoms with Gasteiger partial charge in [0, 0.05) is 31.7 Å². The fraction of sp³-hybridized carbons (Fsp3) is 0.348. The van der Waals surface area contributed by atoms with E-state index in [-0.39, 0.29) is 25.0 Å². The maximum Gasteiger partial charge on any atom is 0.344 e. The fourth-order valence-corrected chi connectivity index (χ4v) is 3.77. The zero-order valence-electron chi connectivity index (χ0n) is 16.7. The topological polar surface area (TPSA) is 76.1 Å². The number of rotatable bonds is 6. The Balaban J connectivity index is 1.21. The predicted molar refractivity (Wildman–Crippen MR) is 110 cm³/mol. The number of esters is 1. The Morgan fingerprint density at radius 2 is 1.67 bits per heavy atom. The molecule has 2 aliphatic heterocycles. The summed E-state index contributed by atoms with van der Waals surface area (Å²) in [6.45, 7) is 1.31. The molecule has 7 heteroatoms. The van der Waals surface area contributed by atoms with Crippen LogP contribution < -0.4 is 9.64 Å². The van der Waals surface area contributed by atoms with Crippen LogP contribution in [0.2, 0.25) is 0 Å². The molecule has 7 nitrogen and oxygen atoms in total. The lowest BCUT2D eigenvalue weighted by atomic mass is 10.00. The normalized spacial score (nSPS) is 15.7. The van der Waals surface area contributed by atoms with Crippen molar-refractivity contribution in [1.29, 1.82) is 0 Å². The second-order valence-corrected chi connectivity index (χ2v) is 7.43. The van der Waals surface area contributed by atoms with Gasteiger partial charge >= 0.3 is 5.97 Å². The molecule has 1 saturated heterocycles. The smallest absolute Gasteiger partial charge is 0.344 e. The number of benzene rings is 2. The van der Waals surface area contributed by atoms with Crippen molar-refractivity contribution in [3.05, 3.63) is 59.7 Å². The Labute approximate surface area is 175 Å². The minimum Gasteiger partial charge on any atom is -0.482 e. The molecule has 2 amide bonds. The number of amides is 2. The fourth-order valence-electron chi connectivity index (χ4n) is 3.77. The second kappa shape index (κ2) is 8.98. The molecule has 2 aromatic carbocycles. The molecular formula is C23H24N2O5. The quantitative estimate of drug-likeness (QED) is 0.686. The van der Waals surface area contributed by atoms with Crippen LogP contribution in [0.15, 0.2) is 48.5 Å². The van der Waals surface area contributed by atoms with Gasteiger partial charge in [0.15, 0.2) is 13.2 Å². The van der Waals surface area contributed by atoms with Gasteiger partial charge in [0.25, 0.3) is 5.91 Å². The van der Waals surface area contributed by atoms with E-state index in [1.807, 2.05) is 18.2 Å². The number of anilines is 1. The van der Waals surface area contributed by atoms with E-state index in [4.69, 9.17) is 9.47 Å². The average molecular weight is 408 g/mol. The van der Waals surface area contributed by atoms with Crippen molar-refractivity contribution in [2.24, 2.45) is 0 Å².